The Morgan fingerprint density at radius 1 is 1.12 bits per heavy atom. The molecule has 1 fully saturated rings. The number of nitrogen functional groups attached to an aromatic ring is 1. The Morgan fingerprint density at radius 3 is 2.40 bits per heavy atom. The standard InChI is InChI=1S/C19H24N5O16P3/c20-18-11(2-1-6-21-14(26)5-7-23-15(27)3-4-16(23)28)9-24(19(29)22-18)17-8-12(25)13(38-17)10-37-42(33,34)40-43(35,36)39-41(30,31)32/h3-4,9,12-13,17,25H,5-8,10H2,(H,21,26)(H,33,34)(H,35,36)(H2,20,22,29)(H2,30,31,32)/t12?,13-,17-/m1/s1. The number of carbonyl (C=O) groups excluding carboxylic acids is 3. The Kier molecular flexibility index (Phi) is 11.0. The molecule has 2 aliphatic heterocycles. The van der Waals surface area contributed by atoms with E-state index in [0.717, 1.165) is 27.8 Å². The number of carbonyl (C=O) groups is 3. The maximum atomic E-state index is 12.4. The molecular formula is C19H24N5O16P3. The Morgan fingerprint density at radius 2 is 1.77 bits per heavy atom. The maximum Gasteiger partial charge on any atom is 0.490 e. The normalized spacial score (nSPS) is 23.0. The molecule has 1 aromatic rings. The Labute approximate surface area is 240 Å². The number of phosphoric ester groups is 1. The molecule has 1 saturated heterocycles. The molecule has 0 bridgehead atoms. The molecule has 3 unspecified atom stereocenters. The van der Waals surface area contributed by atoms with E-state index in [-0.39, 0.29) is 37.3 Å². The fourth-order valence-corrected chi connectivity index (χ4v) is 6.56. The second-order valence-electron chi connectivity index (χ2n) is 8.54. The van der Waals surface area contributed by atoms with Gasteiger partial charge in [-0.25, -0.2) is 18.5 Å². The lowest BCUT2D eigenvalue weighted by Crippen LogP contribution is -2.34. The van der Waals surface area contributed by atoms with Crippen molar-refractivity contribution in [2.45, 2.75) is 31.3 Å². The first-order chi connectivity index (χ1) is 19.9. The quantitative estimate of drug-likeness (QED) is 0.0692. The van der Waals surface area contributed by atoms with Crippen LogP contribution in [0.5, 0.6) is 0 Å². The summed E-state index contributed by atoms with van der Waals surface area (Å²) in [4.78, 5) is 87.8. The summed E-state index contributed by atoms with van der Waals surface area (Å²) >= 11 is 0. The third kappa shape index (κ3) is 10.3. The van der Waals surface area contributed by atoms with Crippen molar-refractivity contribution in [3.63, 3.8) is 0 Å². The summed E-state index contributed by atoms with van der Waals surface area (Å²) in [6.07, 6.45) is -1.19. The largest absolute Gasteiger partial charge is 0.490 e. The van der Waals surface area contributed by atoms with E-state index in [1.54, 1.807) is 0 Å². The smallest absolute Gasteiger partial charge is 0.390 e. The van der Waals surface area contributed by atoms with Crippen LogP contribution in [0.2, 0.25) is 0 Å². The highest BCUT2D eigenvalue weighted by molar-refractivity contribution is 7.66. The average Bonchev–Trinajstić information content (AvgIpc) is 3.38. The number of phosphoric acid groups is 3. The third-order valence-electron chi connectivity index (χ3n) is 5.37. The van der Waals surface area contributed by atoms with Crippen LogP contribution in [0.15, 0.2) is 23.1 Å². The number of nitrogens with one attached hydrogen (secondary N) is 1. The number of rotatable bonds is 12. The second-order valence-corrected chi connectivity index (χ2v) is 13.0. The van der Waals surface area contributed by atoms with Gasteiger partial charge in [0.1, 0.15) is 18.1 Å². The predicted octanol–water partition coefficient (Wildman–Crippen LogP) is -2.40. The molecule has 236 valence electrons. The van der Waals surface area contributed by atoms with Crippen molar-refractivity contribution in [3.05, 3.63) is 34.4 Å². The van der Waals surface area contributed by atoms with Gasteiger partial charge in [0.25, 0.3) is 11.8 Å². The maximum absolute atomic E-state index is 12.4. The number of anilines is 1. The van der Waals surface area contributed by atoms with Crippen molar-refractivity contribution in [2.75, 3.05) is 25.4 Å². The van der Waals surface area contributed by atoms with Crippen LogP contribution in [0, 0.1) is 11.8 Å². The van der Waals surface area contributed by atoms with Crippen LogP contribution in [0.25, 0.3) is 0 Å². The van der Waals surface area contributed by atoms with Crippen LogP contribution < -0.4 is 16.7 Å². The summed E-state index contributed by atoms with van der Waals surface area (Å²) in [7, 11) is -16.8. The number of ether oxygens (including phenoxy) is 1. The second kappa shape index (κ2) is 13.7. The van der Waals surface area contributed by atoms with E-state index in [2.05, 4.69) is 35.3 Å². The summed E-state index contributed by atoms with van der Waals surface area (Å²) in [5.74, 6) is 3.33. The van der Waals surface area contributed by atoms with E-state index < -0.39 is 71.9 Å². The molecule has 0 aliphatic carbocycles. The zero-order valence-electron chi connectivity index (χ0n) is 21.5. The number of aliphatic hydroxyl groups excluding tert-OH is 1. The molecule has 3 rings (SSSR count). The molecule has 5 atom stereocenters. The van der Waals surface area contributed by atoms with Gasteiger partial charge in [0.2, 0.25) is 5.91 Å². The molecule has 3 amide bonds. The molecule has 3 heterocycles. The molecule has 0 radical (unpaired) electrons. The molecule has 21 nitrogen and oxygen atoms in total. The van der Waals surface area contributed by atoms with Crippen LogP contribution >= 0.6 is 23.5 Å². The average molecular weight is 671 g/mol. The lowest BCUT2D eigenvalue weighted by molar-refractivity contribution is -0.137. The minimum atomic E-state index is -5.75. The van der Waals surface area contributed by atoms with Gasteiger partial charge < -0.3 is 40.5 Å². The molecule has 1 aromatic heterocycles. The number of hydrogen-bond acceptors (Lipinski definition) is 14. The van der Waals surface area contributed by atoms with Gasteiger partial charge in [-0.15, -0.1) is 0 Å². The van der Waals surface area contributed by atoms with Gasteiger partial charge >= 0.3 is 29.2 Å². The number of nitrogens with two attached hydrogens (primary N) is 1. The van der Waals surface area contributed by atoms with Crippen LogP contribution in [-0.4, -0.2) is 88.8 Å². The summed E-state index contributed by atoms with van der Waals surface area (Å²) in [6.45, 7) is -1.26. The minimum absolute atomic E-state index is 0.0167. The predicted molar refractivity (Wildman–Crippen MR) is 138 cm³/mol. The number of aromatic nitrogens is 2. The molecule has 0 aromatic carbocycles. The van der Waals surface area contributed by atoms with Gasteiger partial charge in [-0.05, 0) is 0 Å². The highest BCUT2D eigenvalue weighted by Gasteiger charge is 2.43. The molecule has 2 aliphatic rings. The highest BCUT2D eigenvalue weighted by Crippen LogP contribution is 2.66. The zero-order chi connectivity index (χ0) is 32.2. The van der Waals surface area contributed by atoms with Crippen molar-refractivity contribution in [1.29, 1.82) is 0 Å². The topological polar surface area (TPSA) is 317 Å². The van der Waals surface area contributed by atoms with Gasteiger partial charge in [0, 0.05) is 37.7 Å². The molecule has 8 N–H and O–H groups in total. The van der Waals surface area contributed by atoms with Gasteiger partial charge in [-0.2, -0.15) is 13.6 Å². The lowest BCUT2D eigenvalue weighted by Gasteiger charge is -2.19. The Balaban J connectivity index is 1.57. The number of aliphatic hydroxyl groups is 1. The summed E-state index contributed by atoms with van der Waals surface area (Å²) in [6, 6.07) is 0. The van der Waals surface area contributed by atoms with Crippen molar-refractivity contribution >= 4 is 47.0 Å². The fraction of sp³-hybridized carbons (Fsp3) is 0.421. The first kappa shape index (κ1) is 34.4. The summed E-state index contributed by atoms with van der Waals surface area (Å²) < 4.78 is 52.0. The van der Waals surface area contributed by atoms with E-state index in [0.29, 0.717) is 0 Å². The van der Waals surface area contributed by atoms with Crippen molar-refractivity contribution < 1.29 is 70.6 Å². The molecule has 24 heteroatoms. The first-order valence-electron chi connectivity index (χ1n) is 11.7. The van der Waals surface area contributed by atoms with Crippen LogP contribution in [-0.2, 0) is 46.0 Å². The minimum Gasteiger partial charge on any atom is -0.390 e. The number of imide groups is 1. The molecule has 0 spiro atoms. The van der Waals surface area contributed by atoms with E-state index >= 15 is 0 Å². The Hall–Kier alpha value is -3.08. The molecular weight excluding hydrogens is 647 g/mol. The summed E-state index contributed by atoms with van der Waals surface area (Å²) in [5, 5.41) is 12.7. The third-order valence-corrected chi connectivity index (χ3v) is 9.18. The van der Waals surface area contributed by atoms with Gasteiger partial charge in [-0.1, -0.05) is 11.8 Å². The van der Waals surface area contributed by atoms with Gasteiger partial charge in [0.05, 0.1) is 24.8 Å². The SMILES string of the molecule is Nc1nc(=O)n([C@H]2CC(O)[C@@H](COP(=O)(O)OP(=O)(O)OP(=O)(O)O)O2)cc1C#CCNC(=O)CCN1C(=O)C=CC1=O. The van der Waals surface area contributed by atoms with Gasteiger partial charge in [-0.3, -0.25) is 28.4 Å². The van der Waals surface area contributed by atoms with Crippen LogP contribution in [0.1, 0.15) is 24.6 Å². The first-order valence-corrected chi connectivity index (χ1v) is 16.2. The fourth-order valence-electron chi connectivity index (χ4n) is 3.53. The zero-order valence-corrected chi connectivity index (χ0v) is 24.2. The number of hydrogen-bond donors (Lipinski definition) is 7. The number of amides is 3. The summed E-state index contributed by atoms with van der Waals surface area (Å²) in [5.41, 5.74) is 4.83. The van der Waals surface area contributed by atoms with E-state index in [1.165, 1.54) is 0 Å². The van der Waals surface area contributed by atoms with Gasteiger partial charge in [0.15, 0.2) is 0 Å². The number of nitrogens with zero attached hydrogens (tertiary/aromatic N) is 3. The van der Waals surface area contributed by atoms with Crippen molar-refractivity contribution in [3.8, 4) is 11.8 Å². The Bertz CT molecular complexity index is 1560. The molecule has 43 heavy (non-hydrogen) atoms. The molecule has 0 saturated carbocycles. The van der Waals surface area contributed by atoms with E-state index in [9.17, 15) is 47.8 Å². The highest BCUT2D eigenvalue weighted by atomic mass is 31.3. The van der Waals surface area contributed by atoms with Crippen LogP contribution in [0.3, 0.4) is 0 Å². The lowest BCUT2D eigenvalue weighted by atomic mass is 10.2. The van der Waals surface area contributed by atoms with Crippen molar-refractivity contribution in [1.82, 2.24) is 19.8 Å². The van der Waals surface area contributed by atoms with E-state index in [1.807, 2.05) is 0 Å². The van der Waals surface area contributed by atoms with Crippen molar-refractivity contribution in [2.24, 2.45) is 0 Å². The van der Waals surface area contributed by atoms with Crippen LogP contribution in [0.4, 0.5) is 5.82 Å². The van der Waals surface area contributed by atoms with E-state index in [4.69, 9.17) is 20.3 Å². The monoisotopic (exact) mass is 671 g/mol.